The second-order valence-electron chi connectivity index (χ2n) is 7.07. The first-order valence-corrected chi connectivity index (χ1v) is 11.1. The maximum absolute atomic E-state index is 12.8. The minimum Gasteiger partial charge on any atom is -0.375 e. The summed E-state index contributed by atoms with van der Waals surface area (Å²) in [6.07, 6.45) is 0.673. The van der Waals surface area contributed by atoms with E-state index in [-0.39, 0.29) is 17.4 Å². The predicted molar refractivity (Wildman–Crippen MR) is 117 cm³/mol. The van der Waals surface area contributed by atoms with E-state index in [1.54, 1.807) is 47.4 Å². The SMILES string of the molecule is COCC(=O)N1CCc2cc(NS(=O)(=O)c3ccc(-c4ccccc4)cc3)ccc21. The van der Waals surface area contributed by atoms with E-state index >= 15 is 0 Å². The number of carbonyl (C=O) groups excluding carboxylic acids is 1. The molecular weight excluding hydrogens is 400 g/mol. The minimum atomic E-state index is -3.72. The molecule has 30 heavy (non-hydrogen) atoms. The van der Waals surface area contributed by atoms with Gasteiger partial charge in [0.2, 0.25) is 0 Å². The van der Waals surface area contributed by atoms with E-state index in [1.807, 2.05) is 30.3 Å². The van der Waals surface area contributed by atoms with Gasteiger partial charge < -0.3 is 9.64 Å². The normalized spacial score (nSPS) is 13.2. The molecule has 1 aliphatic heterocycles. The van der Waals surface area contributed by atoms with Crippen molar-refractivity contribution in [2.45, 2.75) is 11.3 Å². The lowest BCUT2D eigenvalue weighted by Crippen LogP contribution is -2.31. The third-order valence-electron chi connectivity index (χ3n) is 5.07. The first-order valence-electron chi connectivity index (χ1n) is 9.58. The molecule has 1 aliphatic rings. The Labute approximate surface area is 176 Å². The van der Waals surface area contributed by atoms with Gasteiger partial charge in [0.15, 0.2) is 0 Å². The fourth-order valence-corrected chi connectivity index (χ4v) is 4.65. The summed E-state index contributed by atoms with van der Waals surface area (Å²) in [5.74, 6) is -0.108. The van der Waals surface area contributed by atoms with Crippen LogP contribution in [0.5, 0.6) is 0 Å². The molecule has 0 radical (unpaired) electrons. The number of fused-ring (bicyclic) bond motifs is 1. The van der Waals surface area contributed by atoms with Gasteiger partial charge in [0, 0.05) is 25.0 Å². The van der Waals surface area contributed by atoms with Gasteiger partial charge in [-0.3, -0.25) is 9.52 Å². The molecule has 3 aromatic rings. The molecule has 0 bridgehead atoms. The monoisotopic (exact) mass is 422 g/mol. The van der Waals surface area contributed by atoms with Gasteiger partial charge >= 0.3 is 0 Å². The number of hydrogen-bond acceptors (Lipinski definition) is 4. The highest BCUT2D eigenvalue weighted by Crippen LogP contribution is 2.31. The Bertz CT molecular complexity index is 1160. The molecule has 3 aromatic carbocycles. The maximum atomic E-state index is 12.8. The number of ether oxygens (including phenoxy) is 1. The lowest BCUT2D eigenvalue weighted by Gasteiger charge is -2.17. The molecule has 6 nitrogen and oxygen atoms in total. The highest BCUT2D eigenvalue weighted by atomic mass is 32.2. The van der Waals surface area contributed by atoms with Gasteiger partial charge in [-0.1, -0.05) is 42.5 Å². The molecule has 0 saturated heterocycles. The van der Waals surface area contributed by atoms with E-state index in [9.17, 15) is 13.2 Å². The highest BCUT2D eigenvalue weighted by molar-refractivity contribution is 7.92. The Morgan fingerprint density at radius 1 is 1.00 bits per heavy atom. The fourth-order valence-electron chi connectivity index (χ4n) is 3.60. The van der Waals surface area contributed by atoms with E-state index in [0.29, 0.717) is 18.7 Å². The van der Waals surface area contributed by atoms with Crippen LogP contribution in [-0.2, 0) is 26.0 Å². The summed E-state index contributed by atoms with van der Waals surface area (Å²) in [6.45, 7) is 0.585. The maximum Gasteiger partial charge on any atom is 0.261 e. The molecule has 1 heterocycles. The molecule has 1 amide bonds. The van der Waals surface area contributed by atoms with Crippen LogP contribution in [0.3, 0.4) is 0 Å². The summed E-state index contributed by atoms with van der Waals surface area (Å²) < 4.78 is 33.2. The summed E-state index contributed by atoms with van der Waals surface area (Å²) in [5, 5.41) is 0. The second kappa shape index (κ2) is 8.30. The summed E-state index contributed by atoms with van der Waals surface area (Å²) >= 11 is 0. The minimum absolute atomic E-state index is 0.0206. The van der Waals surface area contributed by atoms with Crippen molar-refractivity contribution in [3.05, 3.63) is 78.4 Å². The number of carbonyl (C=O) groups is 1. The van der Waals surface area contributed by atoms with Gasteiger partial charge in [-0.15, -0.1) is 0 Å². The van der Waals surface area contributed by atoms with Crippen molar-refractivity contribution in [1.29, 1.82) is 0 Å². The smallest absolute Gasteiger partial charge is 0.261 e. The van der Waals surface area contributed by atoms with Gasteiger partial charge in [-0.25, -0.2) is 8.42 Å². The van der Waals surface area contributed by atoms with E-state index in [2.05, 4.69) is 4.72 Å². The van der Waals surface area contributed by atoms with Crippen LogP contribution in [-0.4, -0.2) is 34.6 Å². The van der Waals surface area contributed by atoms with E-state index < -0.39 is 10.0 Å². The van der Waals surface area contributed by atoms with Crippen LogP contribution in [0.25, 0.3) is 11.1 Å². The number of methoxy groups -OCH3 is 1. The van der Waals surface area contributed by atoms with Crippen LogP contribution < -0.4 is 9.62 Å². The Morgan fingerprint density at radius 3 is 2.40 bits per heavy atom. The molecule has 0 aromatic heterocycles. The van der Waals surface area contributed by atoms with Crippen molar-refractivity contribution in [2.75, 3.05) is 29.9 Å². The number of amides is 1. The van der Waals surface area contributed by atoms with Gasteiger partial charge in [0.25, 0.3) is 15.9 Å². The number of nitrogens with one attached hydrogen (secondary N) is 1. The summed E-state index contributed by atoms with van der Waals surface area (Å²) in [6, 6.07) is 21.8. The third-order valence-corrected chi connectivity index (χ3v) is 6.47. The van der Waals surface area contributed by atoms with Crippen molar-refractivity contribution >= 4 is 27.3 Å². The van der Waals surface area contributed by atoms with Crippen LogP contribution in [0.15, 0.2) is 77.7 Å². The highest BCUT2D eigenvalue weighted by Gasteiger charge is 2.25. The zero-order valence-electron chi connectivity index (χ0n) is 16.5. The molecule has 0 fully saturated rings. The topological polar surface area (TPSA) is 75.7 Å². The predicted octanol–water partition coefficient (Wildman–Crippen LogP) is 3.69. The van der Waals surface area contributed by atoms with Gasteiger partial charge in [-0.05, 0) is 53.4 Å². The number of benzene rings is 3. The van der Waals surface area contributed by atoms with Crippen LogP contribution >= 0.6 is 0 Å². The van der Waals surface area contributed by atoms with E-state index in [4.69, 9.17) is 4.74 Å². The lowest BCUT2D eigenvalue weighted by atomic mass is 10.1. The van der Waals surface area contributed by atoms with Crippen molar-refractivity contribution in [3.63, 3.8) is 0 Å². The van der Waals surface area contributed by atoms with Crippen molar-refractivity contribution in [2.24, 2.45) is 0 Å². The zero-order valence-corrected chi connectivity index (χ0v) is 17.4. The molecule has 0 saturated carbocycles. The number of sulfonamides is 1. The number of nitrogens with zero attached hydrogens (tertiary/aromatic N) is 1. The van der Waals surface area contributed by atoms with Crippen molar-refractivity contribution in [3.8, 4) is 11.1 Å². The standard InChI is InChI=1S/C23H22N2O4S/c1-29-16-23(26)25-14-13-19-15-20(9-12-22(19)25)24-30(27,28)21-10-7-18(8-11-21)17-5-3-2-4-6-17/h2-12,15,24H,13-14,16H2,1H3. The third kappa shape index (κ3) is 4.08. The molecule has 0 atom stereocenters. The van der Waals surface area contributed by atoms with Crippen molar-refractivity contribution < 1.29 is 17.9 Å². The Morgan fingerprint density at radius 2 is 1.70 bits per heavy atom. The van der Waals surface area contributed by atoms with Gasteiger partial charge in [0.1, 0.15) is 6.61 Å². The largest absolute Gasteiger partial charge is 0.375 e. The van der Waals surface area contributed by atoms with E-state index in [0.717, 1.165) is 22.4 Å². The fraction of sp³-hybridized carbons (Fsp3) is 0.174. The van der Waals surface area contributed by atoms with E-state index in [1.165, 1.54) is 7.11 Å². The lowest BCUT2D eigenvalue weighted by molar-refractivity contribution is -0.122. The molecule has 7 heteroatoms. The average Bonchev–Trinajstić information content (AvgIpc) is 3.18. The Hall–Kier alpha value is -3.16. The number of rotatable bonds is 6. The number of anilines is 2. The van der Waals surface area contributed by atoms with Gasteiger partial charge in [0.05, 0.1) is 4.90 Å². The van der Waals surface area contributed by atoms with Crippen LogP contribution in [0.1, 0.15) is 5.56 Å². The Kier molecular flexibility index (Phi) is 5.57. The molecule has 154 valence electrons. The number of hydrogen-bond donors (Lipinski definition) is 1. The zero-order chi connectivity index (χ0) is 21.1. The quantitative estimate of drug-likeness (QED) is 0.657. The van der Waals surface area contributed by atoms with Crippen LogP contribution in [0, 0.1) is 0 Å². The molecule has 1 N–H and O–H groups in total. The van der Waals surface area contributed by atoms with Crippen molar-refractivity contribution in [1.82, 2.24) is 0 Å². The Balaban J connectivity index is 1.52. The first-order chi connectivity index (χ1) is 14.5. The summed E-state index contributed by atoms with van der Waals surface area (Å²) in [4.78, 5) is 14.0. The average molecular weight is 423 g/mol. The van der Waals surface area contributed by atoms with Gasteiger partial charge in [-0.2, -0.15) is 0 Å². The first kappa shape index (κ1) is 20.1. The van der Waals surface area contributed by atoms with Crippen LogP contribution in [0.4, 0.5) is 11.4 Å². The summed E-state index contributed by atoms with van der Waals surface area (Å²) in [5.41, 5.74) is 4.18. The summed E-state index contributed by atoms with van der Waals surface area (Å²) in [7, 11) is -2.23. The van der Waals surface area contributed by atoms with Crippen LogP contribution in [0.2, 0.25) is 0 Å². The molecular formula is C23H22N2O4S. The molecule has 4 rings (SSSR count). The molecule has 0 unspecified atom stereocenters. The molecule has 0 spiro atoms. The molecule has 0 aliphatic carbocycles. The second-order valence-corrected chi connectivity index (χ2v) is 8.75.